The number of pyridine rings is 1. The molecule has 0 aliphatic carbocycles. The van der Waals surface area contributed by atoms with E-state index in [0.29, 0.717) is 12.2 Å². The first-order valence-corrected chi connectivity index (χ1v) is 6.39. The van der Waals surface area contributed by atoms with Gasteiger partial charge in [0.05, 0.1) is 23.1 Å². The van der Waals surface area contributed by atoms with Crippen LogP contribution in [0.4, 0.5) is 16.2 Å². The fourth-order valence-corrected chi connectivity index (χ4v) is 2.08. The Bertz CT molecular complexity index is 618. The average Bonchev–Trinajstić information content (AvgIpc) is 2.36. The highest BCUT2D eigenvalue weighted by Gasteiger charge is 2.06. The number of aromatic nitrogens is 1. The standard InChI is InChI=1S/C12H13BrN4O2/c13-7-1-2-8-10(5-7)17-6-9(14)11(8)15-3-4-16-12(18)19/h1-2,5-6,16H,3-4,14H2,(H,15,17)(H,18,19)/p-1. The van der Waals surface area contributed by atoms with Crippen molar-refractivity contribution >= 4 is 44.3 Å². The van der Waals surface area contributed by atoms with Crippen LogP contribution in [-0.2, 0) is 0 Å². The molecule has 1 heterocycles. The summed E-state index contributed by atoms with van der Waals surface area (Å²) in [5.41, 5.74) is 7.95. The third kappa shape index (κ3) is 3.25. The number of fused-ring (bicyclic) bond motifs is 1. The number of benzene rings is 1. The maximum absolute atomic E-state index is 10.2. The summed E-state index contributed by atoms with van der Waals surface area (Å²) in [7, 11) is 0. The Hall–Kier alpha value is -2.02. The Morgan fingerprint density at radius 2 is 2.21 bits per heavy atom. The maximum Gasteiger partial charge on any atom is 0.134 e. The molecule has 6 nitrogen and oxygen atoms in total. The number of amides is 1. The van der Waals surface area contributed by atoms with Crippen LogP contribution in [0.2, 0.25) is 0 Å². The van der Waals surface area contributed by atoms with Gasteiger partial charge in [0.1, 0.15) is 6.09 Å². The number of nitrogens with two attached hydrogens (primary N) is 1. The number of hydrogen-bond acceptors (Lipinski definition) is 5. The second kappa shape index (κ2) is 5.75. The molecule has 0 fully saturated rings. The Morgan fingerprint density at radius 1 is 1.42 bits per heavy atom. The zero-order chi connectivity index (χ0) is 13.8. The van der Waals surface area contributed by atoms with E-state index >= 15 is 0 Å². The van der Waals surface area contributed by atoms with Crippen LogP contribution in [0.15, 0.2) is 28.9 Å². The number of nitrogens with one attached hydrogen (secondary N) is 2. The molecule has 0 saturated carbocycles. The monoisotopic (exact) mass is 323 g/mol. The van der Waals surface area contributed by atoms with E-state index in [1.54, 1.807) is 6.20 Å². The zero-order valence-corrected chi connectivity index (χ0v) is 11.5. The van der Waals surface area contributed by atoms with E-state index in [2.05, 4.69) is 31.5 Å². The van der Waals surface area contributed by atoms with Crippen molar-refractivity contribution in [3.8, 4) is 0 Å². The molecule has 0 aliphatic heterocycles. The van der Waals surface area contributed by atoms with Crippen molar-refractivity contribution < 1.29 is 9.90 Å². The molecular formula is C12H12BrN4O2-. The van der Waals surface area contributed by atoms with Crippen LogP contribution < -0.4 is 21.5 Å². The molecule has 19 heavy (non-hydrogen) atoms. The van der Waals surface area contributed by atoms with Crippen LogP contribution >= 0.6 is 15.9 Å². The second-order valence-corrected chi connectivity index (χ2v) is 4.81. The third-order valence-corrected chi connectivity index (χ3v) is 3.05. The second-order valence-electron chi connectivity index (χ2n) is 3.89. The van der Waals surface area contributed by atoms with Crippen LogP contribution in [0.1, 0.15) is 0 Å². The van der Waals surface area contributed by atoms with Gasteiger partial charge in [0.15, 0.2) is 0 Å². The van der Waals surface area contributed by atoms with Gasteiger partial charge in [0.2, 0.25) is 0 Å². The van der Waals surface area contributed by atoms with Crippen LogP contribution in [0, 0.1) is 0 Å². The Labute approximate surface area is 118 Å². The quantitative estimate of drug-likeness (QED) is 0.726. The number of carboxylic acid groups (broad SMARTS) is 1. The van der Waals surface area contributed by atoms with Crippen molar-refractivity contribution in [2.45, 2.75) is 0 Å². The van der Waals surface area contributed by atoms with Gasteiger partial charge in [-0.15, -0.1) is 0 Å². The summed E-state index contributed by atoms with van der Waals surface area (Å²) < 4.78 is 0.932. The molecule has 1 aromatic heterocycles. The van der Waals surface area contributed by atoms with Gasteiger partial charge >= 0.3 is 0 Å². The van der Waals surface area contributed by atoms with E-state index in [4.69, 9.17) is 5.73 Å². The summed E-state index contributed by atoms with van der Waals surface area (Å²) in [6, 6.07) is 5.69. The fraction of sp³-hybridized carbons (Fsp3) is 0.167. The largest absolute Gasteiger partial charge is 0.530 e. The fourth-order valence-electron chi connectivity index (χ4n) is 1.73. The number of rotatable bonds is 4. The normalized spacial score (nSPS) is 10.4. The number of carbonyl (C=O) groups is 1. The molecule has 2 rings (SSSR count). The first kappa shape index (κ1) is 13.4. The lowest BCUT2D eigenvalue weighted by Crippen LogP contribution is -2.38. The molecular weight excluding hydrogens is 312 g/mol. The van der Waals surface area contributed by atoms with Crippen molar-refractivity contribution in [3.63, 3.8) is 0 Å². The van der Waals surface area contributed by atoms with Gasteiger partial charge in [-0.25, -0.2) is 0 Å². The summed E-state index contributed by atoms with van der Waals surface area (Å²) in [5.74, 6) is 0. The van der Waals surface area contributed by atoms with Crippen LogP contribution in [0.25, 0.3) is 10.9 Å². The van der Waals surface area contributed by atoms with Crippen molar-refractivity contribution in [1.29, 1.82) is 0 Å². The van der Waals surface area contributed by atoms with E-state index in [-0.39, 0.29) is 6.54 Å². The molecule has 4 N–H and O–H groups in total. The zero-order valence-electron chi connectivity index (χ0n) is 9.94. The van der Waals surface area contributed by atoms with Crippen LogP contribution in [-0.4, -0.2) is 24.2 Å². The van der Waals surface area contributed by atoms with Gasteiger partial charge in [0.25, 0.3) is 0 Å². The molecule has 0 aliphatic rings. The SMILES string of the molecule is Nc1cnc2cc(Br)ccc2c1NCCNC(=O)[O-]. The third-order valence-electron chi connectivity index (χ3n) is 2.56. The minimum absolute atomic E-state index is 0.238. The topological polar surface area (TPSA) is 103 Å². The number of carbonyl (C=O) groups excluding carboxylic acids is 1. The molecule has 1 aromatic carbocycles. The summed E-state index contributed by atoms with van der Waals surface area (Å²) in [6.07, 6.45) is 0.279. The lowest BCUT2D eigenvalue weighted by atomic mass is 10.1. The highest BCUT2D eigenvalue weighted by Crippen LogP contribution is 2.29. The molecule has 2 aromatic rings. The Morgan fingerprint density at radius 3 is 2.95 bits per heavy atom. The minimum atomic E-state index is -1.29. The molecule has 0 unspecified atom stereocenters. The first-order chi connectivity index (χ1) is 9.08. The van der Waals surface area contributed by atoms with Gasteiger partial charge in [-0.05, 0) is 18.2 Å². The summed E-state index contributed by atoms with van der Waals surface area (Å²) in [4.78, 5) is 14.5. The number of nitrogens with zero attached hydrogens (tertiary/aromatic N) is 1. The van der Waals surface area contributed by atoms with Crippen LogP contribution in [0.3, 0.4) is 0 Å². The Kier molecular flexibility index (Phi) is 4.06. The molecule has 0 atom stereocenters. The van der Waals surface area contributed by atoms with Gasteiger partial charge in [-0.1, -0.05) is 15.9 Å². The first-order valence-electron chi connectivity index (χ1n) is 5.60. The van der Waals surface area contributed by atoms with Crippen molar-refractivity contribution in [2.24, 2.45) is 0 Å². The smallest absolute Gasteiger partial charge is 0.134 e. The molecule has 100 valence electrons. The number of anilines is 2. The summed E-state index contributed by atoms with van der Waals surface area (Å²) in [6.45, 7) is 0.648. The molecule has 0 radical (unpaired) electrons. The molecule has 0 bridgehead atoms. The van der Waals surface area contributed by atoms with E-state index in [1.165, 1.54) is 0 Å². The lowest BCUT2D eigenvalue weighted by Gasteiger charge is -2.13. The minimum Gasteiger partial charge on any atom is -0.530 e. The van der Waals surface area contributed by atoms with Crippen molar-refractivity contribution in [1.82, 2.24) is 10.3 Å². The molecule has 1 amide bonds. The van der Waals surface area contributed by atoms with Crippen molar-refractivity contribution in [3.05, 3.63) is 28.9 Å². The summed E-state index contributed by atoms with van der Waals surface area (Å²) in [5, 5.41) is 16.4. The van der Waals surface area contributed by atoms with Gasteiger partial charge < -0.3 is 26.3 Å². The summed E-state index contributed by atoms with van der Waals surface area (Å²) >= 11 is 3.38. The molecule has 0 saturated heterocycles. The number of hydrogen-bond donors (Lipinski definition) is 3. The van der Waals surface area contributed by atoms with Gasteiger partial charge in [-0.2, -0.15) is 0 Å². The average molecular weight is 324 g/mol. The van der Waals surface area contributed by atoms with E-state index in [1.807, 2.05) is 18.2 Å². The van der Waals surface area contributed by atoms with E-state index in [0.717, 1.165) is 21.1 Å². The molecule has 7 heteroatoms. The van der Waals surface area contributed by atoms with Gasteiger partial charge in [0, 0.05) is 22.9 Å². The molecule has 0 spiro atoms. The van der Waals surface area contributed by atoms with Crippen molar-refractivity contribution in [2.75, 3.05) is 24.1 Å². The Balaban J connectivity index is 2.21. The highest BCUT2D eigenvalue weighted by molar-refractivity contribution is 9.10. The van der Waals surface area contributed by atoms with Gasteiger partial charge in [-0.3, -0.25) is 4.98 Å². The van der Waals surface area contributed by atoms with Crippen LogP contribution in [0.5, 0.6) is 0 Å². The predicted octanol–water partition coefficient (Wildman–Crippen LogP) is 0.924. The number of nitrogen functional groups attached to an aromatic ring is 1. The van der Waals surface area contributed by atoms with E-state index < -0.39 is 6.09 Å². The lowest BCUT2D eigenvalue weighted by molar-refractivity contribution is -0.250. The van der Waals surface area contributed by atoms with E-state index in [9.17, 15) is 9.90 Å². The highest BCUT2D eigenvalue weighted by atomic mass is 79.9. The maximum atomic E-state index is 10.2. The predicted molar refractivity (Wildman–Crippen MR) is 75.7 cm³/mol. The number of halogens is 1.